The van der Waals surface area contributed by atoms with E-state index in [0.29, 0.717) is 11.5 Å². The number of hydrogen-bond donors (Lipinski definition) is 4. The van der Waals surface area contributed by atoms with Crippen LogP contribution in [0.4, 0.5) is 0 Å². The van der Waals surface area contributed by atoms with Gasteiger partial charge in [0.25, 0.3) is 0 Å². The number of nitriles is 1. The number of aryl methyl sites for hydroxylation is 1. The Morgan fingerprint density at radius 1 is 1.31 bits per heavy atom. The van der Waals surface area contributed by atoms with Gasteiger partial charge in [0, 0.05) is 0 Å². The zero-order valence-corrected chi connectivity index (χ0v) is 16.5. The molecule has 2 aromatic heterocycles. The summed E-state index contributed by atoms with van der Waals surface area (Å²) >= 11 is 0.854. The summed E-state index contributed by atoms with van der Waals surface area (Å²) in [5.41, 5.74) is -0.177. The smallest absolute Gasteiger partial charge is 0.162 e. The van der Waals surface area contributed by atoms with Gasteiger partial charge in [0.05, 0.1) is 35.3 Å². The molecule has 0 radical (unpaired) electrons. The van der Waals surface area contributed by atoms with Gasteiger partial charge in [0.2, 0.25) is 0 Å². The largest absolute Gasteiger partial charge is 0.464 e. The van der Waals surface area contributed by atoms with E-state index < -0.39 is 36.5 Å². The quantitative estimate of drug-likeness (QED) is 0.505. The van der Waals surface area contributed by atoms with Crippen LogP contribution in [0.3, 0.4) is 0 Å². The van der Waals surface area contributed by atoms with E-state index in [0.717, 1.165) is 11.8 Å². The number of aromatic nitrogens is 1. The second kappa shape index (κ2) is 8.62. The summed E-state index contributed by atoms with van der Waals surface area (Å²) in [4.78, 5) is 16.6. The normalized spacial score (nSPS) is 26.9. The Labute approximate surface area is 170 Å². The minimum absolute atomic E-state index is 0.0534. The van der Waals surface area contributed by atoms with Gasteiger partial charge in [0.1, 0.15) is 46.7 Å². The van der Waals surface area contributed by atoms with E-state index in [9.17, 15) is 30.5 Å². The van der Waals surface area contributed by atoms with Crippen LogP contribution < -0.4 is 0 Å². The first-order valence-corrected chi connectivity index (χ1v) is 9.64. The number of pyridine rings is 1. The first kappa shape index (κ1) is 21.4. The highest BCUT2D eigenvalue weighted by Crippen LogP contribution is 2.39. The molecule has 154 valence electrons. The lowest BCUT2D eigenvalue weighted by molar-refractivity contribution is -0.205. The van der Waals surface area contributed by atoms with Crippen molar-refractivity contribution in [3.63, 3.8) is 0 Å². The Kier molecular flexibility index (Phi) is 6.38. The Morgan fingerprint density at radius 3 is 2.59 bits per heavy atom. The van der Waals surface area contributed by atoms with Gasteiger partial charge in [-0.1, -0.05) is 11.8 Å². The summed E-state index contributed by atoms with van der Waals surface area (Å²) < 4.78 is 10.9. The molecule has 0 bridgehead atoms. The second-order valence-electron chi connectivity index (χ2n) is 6.59. The van der Waals surface area contributed by atoms with E-state index in [4.69, 9.17) is 9.15 Å². The van der Waals surface area contributed by atoms with Crippen LogP contribution in [-0.4, -0.2) is 67.7 Å². The van der Waals surface area contributed by atoms with Crippen LogP contribution in [-0.2, 0) is 4.74 Å². The Hall–Kier alpha value is -2.26. The van der Waals surface area contributed by atoms with Gasteiger partial charge in [-0.2, -0.15) is 5.26 Å². The molecule has 9 nitrogen and oxygen atoms in total. The Morgan fingerprint density at radius 2 is 2.03 bits per heavy atom. The lowest BCUT2D eigenvalue weighted by Gasteiger charge is -2.39. The average molecular weight is 420 g/mol. The molecule has 2 aromatic rings. The lowest BCUT2D eigenvalue weighted by atomic mass is 9.97. The summed E-state index contributed by atoms with van der Waals surface area (Å²) in [5, 5.41) is 49.5. The van der Waals surface area contributed by atoms with Crippen molar-refractivity contribution in [1.29, 1.82) is 5.26 Å². The van der Waals surface area contributed by atoms with Crippen molar-refractivity contribution < 1.29 is 34.4 Å². The van der Waals surface area contributed by atoms with Gasteiger partial charge in [-0.25, -0.2) is 4.98 Å². The van der Waals surface area contributed by atoms with Crippen LogP contribution >= 0.6 is 11.8 Å². The van der Waals surface area contributed by atoms with Crippen molar-refractivity contribution in [3.8, 4) is 17.4 Å². The number of rotatable bonds is 5. The van der Waals surface area contributed by atoms with Gasteiger partial charge in [0.15, 0.2) is 5.78 Å². The van der Waals surface area contributed by atoms with Crippen molar-refractivity contribution in [2.75, 3.05) is 6.61 Å². The minimum atomic E-state index is -1.55. The summed E-state index contributed by atoms with van der Waals surface area (Å²) in [6.07, 6.45) is -4.20. The van der Waals surface area contributed by atoms with Gasteiger partial charge >= 0.3 is 0 Å². The number of thioether (sulfide) groups is 1. The zero-order chi connectivity index (χ0) is 21.3. The SMILES string of the molecule is CC(=O)c1c(C)nc(S[C@@H]2O[C@H](CO)[C@H](O)[C@H](O)[C@H]2O)c(C#N)c1-c1ccco1. The van der Waals surface area contributed by atoms with Gasteiger partial charge in [-0.05, 0) is 26.0 Å². The van der Waals surface area contributed by atoms with Crippen molar-refractivity contribution in [2.24, 2.45) is 0 Å². The van der Waals surface area contributed by atoms with Crippen LogP contribution in [0.5, 0.6) is 0 Å². The monoisotopic (exact) mass is 420 g/mol. The van der Waals surface area contributed by atoms with E-state index in [-0.39, 0.29) is 27.5 Å². The van der Waals surface area contributed by atoms with E-state index in [1.807, 2.05) is 6.07 Å². The van der Waals surface area contributed by atoms with Crippen molar-refractivity contribution in [3.05, 3.63) is 35.2 Å². The fourth-order valence-corrected chi connectivity index (χ4v) is 4.41. The van der Waals surface area contributed by atoms with E-state index >= 15 is 0 Å². The molecule has 1 fully saturated rings. The number of furan rings is 1. The molecule has 29 heavy (non-hydrogen) atoms. The van der Waals surface area contributed by atoms with Gasteiger partial charge in [-0.3, -0.25) is 4.79 Å². The topological polar surface area (TPSA) is 157 Å². The summed E-state index contributed by atoms with van der Waals surface area (Å²) in [6, 6.07) is 5.27. The second-order valence-corrected chi connectivity index (χ2v) is 7.67. The number of Topliss-reactive ketones (excluding diaryl/α,β-unsaturated/α-hetero) is 1. The molecule has 0 unspecified atom stereocenters. The maximum Gasteiger partial charge on any atom is 0.162 e. The standard InChI is InChI=1S/C19H20N2O7S/c1-8-13(9(2)23)14(11-4-3-5-27-11)10(6-20)18(21-8)29-19-17(26)16(25)15(24)12(7-22)28-19/h3-5,12,15-17,19,22,24-26H,7H2,1-2H3/t12-,15+,16+,17-,19+/m1/s1. The number of hydrogen-bond acceptors (Lipinski definition) is 10. The highest BCUT2D eigenvalue weighted by Gasteiger charge is 2.44. The number of carbonyl (C=O) groups excluding carboxylic acids is 1. The van der Waals surface area contributed by atoms with E-state index in [1.165, 1.54) is 13.2 Å². The predicted molar refractivity (Wildman–Crippen MR) is 101 cm³/mol. The number of nitrogens with zero attached hydrogens (tertiary/aromatic N) is 2. The highest BCUT2D eigenvalue weighted by atomic mass is 32.2. The molecular weight excluding hydrogens is 400 g/mol. The molecule has 0 aromatic carbocycles. The van der Waals surface area contributed by atoms with Crippen LogP contribution in [0.15, 0.2) is 27.8 Å². The van der Waals surface area contributed by atoms with Gasteiger partial charge in [-0.15, -0.1) is 0 Å². The third-order valence-electron chi connectivity index (χ3n) is 4.65. The maximum atomic E-state index is 12.2. The summed E-state index contributed by atoms with van der Waals surface area (Å²) in [6.45, 7) is 2.41. The average Bonchev–Trinajstić information content (AvgIpc) is 3.22. The van der Waals surface area contributed by atoms with E-state index in [1.54, 1.807) is 19.1 Å². The zero-order valence-electron chi connectivity index (χ0n) is 15.6. The van der Waals surface area contributed by atoms with E-state index in [2.05, 4.69) is 4.98 Å². The molecular formula is C19H20N2O7S. The summed E-state index contributed by atoms with van der Waals surface area (Å²) in [7, 11) is 0. The number of ether oxygens (including phenoxy) is 1. The van der Waals surface area contributed by atoms with Crippen molar-refractivity contribution in [1.82, 2.24) is 4.98 Å². The summed E-state index contributed by atoms with van der Waals surface area (Å²) in [5.74, 6) is 0.0233. The number of aliphatic hydroxyl groups excluding tert-OH is 4. The molecule has 4 N–H and O–H groups in total. The van der Waals surface area contributed by atoms with Crippen molar-refractivity contribution >= 4 is 17.5 Å². The molecule has 3 heterocycles. The fourth-order valence-electron chi connectivity index (χ4n) is 3.24. The minimum Gasteiger partial charge on any atom is -0.464 e. The molecule has 10 heteroatoms. The Bertz CT molecular complexity index is 939. The Balaban J connectivity index is 2.09. The lowest BCUT2D eigenvalue weighted by Crippen LogP contribution is -2.57. The number of carbonyl (C=O) groups is 1. The molecule has 0 spiro atoms. The van der Waals surface area contributed by atoms with Crippen LogP contribution in [0.1, 0.15) is 28.5 Å². The molecule has 0 saturated carbocycles. The number of ketones is 1. The molecule has 1 aliphatic heterocycles. The molecule has 1 aliphatic rings. The maximum absolute atomic E-state index is 12.2. The highest BCUT2D eigenvalue weighted by molar-refractivity contribution is 7.99. The third-order valence-corrected chi connectivity index (χ3v) is 5.79. The molecule has 3 rings (SSSR count). The van der Waals surface area contributed by atoms with Crippen LogP contribution in [0.25, 0.3) is 11.3 Å². The van der Waals surface area contributed by atoms with Gasteiger partial charge < -0.3 is 29.6 Å². The molecule has 5 atom stereocenters. The molecule has 0 amide bonds. The van der Waals surface area contributed by atoms with Crippen molar-refractivity contribution in [2.45, 2.75) is 48.7 Å². The fraction of sp³-hybridized carbons (Fsp3) is 0.421. The van der Waals surface area contributed by atoms with Crippen LogP contribution in [0.2, 0.25) is 0 Å². The van der Waals surface area contributed by atoms with Crippen LogP contribution in [0, 0.1) is 18.3 Å². The first-order chi connectivity index (χ1) is 13.8. The number of aliphatic hydroxyl groups is 4. The third kappa shape index (κ3) is 3.93. The first-order valence-electron chi connectivity index (χ1n) is 8.76. The molecule has 1 saturated heterocycles. The predicted octanol–water partition coefficient (Wildman–Crippen LogP) is 0.616. The molecule has 0 aliphatic carbocycles.